The molecule has 0 bridgehead atoms. The van der Waals surface area contributed by atoms with Crippen molar-refractivity contribution in [3.8, 4) is 0 Å². The Morgan fingerprint density at radius 1 is 1.10 bits per heavy atom. The summed E-state index contributed by atoms with van der Waals surface area (Å²) in [7, 11) is 0. The summed E-state index contributed by atoms with van der Waals surface area (Å²) in [5.74, 6) is 0.106. The molecule has 0 amide bonds. The molecule has 4 aliphatic carbocycles. The third-order valence-electron chi connectivity index (χ3n) is 9.61. The summed E-state index contributed by atoms with van der Waals surface area (Å²) in [6, 6.07) is 0. The fourth-order valence-electron chi connectivity index (χ4n) is 8.55. The van der Waals surface area contributed by atoms with Crippen molar-refractivity contribution in [2.45, 2.75) is 57.8 Å². The van der Waals surface area contributed by atoms with Crippen LogP contribution in [0.5, 0.6) is 0 Å². The topological polar surface area (TPSA) is 71.1 Å². The van der Waals surface area contributed by atoms with E-state index in [4.69, 9.17) is 18.9 Å². The molecule has 0 aromatic heterocycles. The van der Waals surface area contributed by atoms with E-state index in [1.54, 1.807) is 12.2 Å². The average Bonchev–Trinajstić information content (AvgIpc) is 3.38. The smallest absolute Gasteiger partial charge is 0.227 e. The maximum atomic E-state index is 13.9. The highest BCUT2D eigenvalue weighted by Gasteiger charge is 2.79. The van der Waals surface area contributed by atoms with E-state index >= 15 is 0 Å². The molecule has 2 spiro atoms. The molecule has 0 aromatic carbocycles. The van der Waals surface area contributed by atoms with Crippen LogP contribution in [0.15, 0.2) is 23.8 Å². The third kappa shape index (κ3) is 2.00. The van der Waals surface area contributed by atoms with Crippen LogP contribution in [-0.4, -0.2) is 43.1 Å². The summed E-state index contributed by atoms with van der Waals surface area (Å²) in [6.45, 7) is 7.31. The number of Topliss-reactive ketones (excluding diaryl/α,β-unsaturated/α-hetero) is 1. The molecular formula is C24H30O6. The zero-order chi connectivity index (χ0) is 20.9. The van der Waals surface area contributed by atoms with E-state index in [1.807, 2.05) is 6.08 Å². The number of ether oxygens (including phenoxy) is 4. The molecule has 2 heterocycles. The molecule has 0 aromatic rings. The van der Waals surface area contributed by atoms with Gasteiger partial charge in [-0.3, -0.25) is 9.59 Å². The van der Waals surface area contributed by atoms with Crippen LogP contribution in [0.1, 0.15) is 46.5 Å². The maximum Gasteiger partial charge on any atom is 0.227 e. The summed E-state index contributed by atoms with van der Waals surface area (Å²) in [4.78, 5) is 25.8. The van der Waals surface area contributed by atoms with Crippen LogP contribution in [0.3, 0.4) is 0 Å². The monoisotopic (exact) mass is 414 g/mol. The maximum absolute atomic E-state index is 13.9. The van der Waals surface area contributed by atoms with Gasteiger partial charge < -0.3 is 18.9 Å². The first-order valence-corrected chi connectivity index (χ1v) is 11.2. The second-order valence-corrected chi connectivity index (χ2v) is 10.7. The molecule has 6 aliphatic rings. The summed E-state index contributed by atoms with van der Waals surface area (Å²) in [5, 5.41) is 0. The van der Waals surface area contributed by atoms with Gasteiger partial charge in [0.25, 0.3) is 0 Å². The molecular weight excluding hydrogens is 384 g/mol. The molecule has 4 unspecified atom stereocenters. The molecule has 2 saturated heterocycles. The van der Waals surface area contributed by atoms with Gasteiger partial charge in [-0.05, 0) is 49.2 Å². The van der Waals surface area contributed by atoms with Crippen molar-refractivity contribution in [1.82, 2.24) is 0 Å². The highest BCUT2D eigenvalue weighted by molar-refractivity contribution is 6.01. The number of allylic oxidation sites excluding steroid dienone is 4. The van der Waals surface area contributed by atoms with Gasteiger partial charge in [0.1, 0.15) is 18.0 Å². The molecule has 6 rings (SSSR count). The zero-order valence-corrected chi connectivity index (χ0v) is 17.9. The van der Waals surface area contributed by atoms with Crippen molar-refractivity contribution in [1.29, 1.82) is 0 Å². The minimum atomic E-state index is -0.927. The standard InChI is InChI=1S/C24H30O6/c1-14-8-18-17-5-4-15-9-16(25)6-7-21(15,2)20(17)19(26)10-22(18,3)24(14)23(29-13-30-24)11-27-12-28-23/h6-7,9,14,17-18,20H,4-5,8,10-13H2,1-3H3/t14-,17?,18?,20?,21-,22-,23?,24+/m0/s1. The third-order valence-corrected chi connectivity index (χ3v) is 9.61. The van der Waals surface area contributed by atoms with Gasteiger partial charge in [0, 0.05) is 23.2 Å². The van der Waals surface area contributed by atoms with Crippen LogP contribution in [0, 0.1) is 34.5 Å². The normalized spacial score (nSPS) is 54.4. The lowest BCUT2D eigenvalue weighted by atomic mass is 9.46. The van der Waals surface area contributed by atoms with E-state index < -0.39 is 11.4 Å². The Labute approximate surface area is 176 Å². The predicted molar refractivity (Wildman–Crippen MR) is 106 cm³/mol. The predicted octanol–water partition coefficient (Wildman–Crippen LogP) is 3.16. The van der Waals surface area contributed by atoms with Gasteiger partial charge in [-0.2, -0.15) is 0 Å². The first-order chi connectivity index (χ1) is 14.3. The number of hydrogen-bond acceptors (Lipinski definition) is 6. The number of carbonyl (C=O) groups is 2. The van der Waals surface area contributed by atoms with Gasteiger partial charge in [0.05, 0.1) is 0 Å². The van der Waals surface area contributed by atoms with Gasteiger partial charge in [0.2, 0.25) is 5.79 Å². The van der Waals surface area contributed by atoms with Gasteiger partial charge in [-0.15, -0.1) is 0 Å². The Morgan fingerprint density at radius 2 is 1.90 bits per heavy atom. The van der Waals surface area contributed by atoms with Crippen molar-refractivity contribution >= 4 is 11.6 Å². The fraction of sp³-hybridized carbons (Fsp3) is 0.750. The first-order valence-electron chi connectivity index (χ1n) is 11.2. The molecule has 3 saturated carbocycles. The lowest BCUT2D eigenvalue weighted by Gasteiger charge is -2.58. The zero-order valence-electron chi connectivity index (χ0n) is 17.9. The number of rotatable bonds is 0. The lowest BCUT2D eigenvalue weighted by molar-refractivity contribution is -0.256. The van der Waals surface area contributed by atoms with Crippen LogP contribution in [-0.2, 0) is 28.5 Å². The number of ketones is 2. The second kappa shape index (κ2) is 5.91. The molecule has 0 N–H and O–H groups in total. The Morgan fingerprint density at radius 3 is 2.67 bits per heavy atom. The van der Waals surface area contributed by atoms with Gasteiger partial charge in [-0.25, -0.2) is 0 Å². The van der Waals surface area contributed by atoms with Crippen LogP contribution in [0.4, 0.5) is 0 Å². The van der Waals surface area contributed by atoms with Crippen LogP contribution in [0.25, 0.3) is 0 Å². The van der Waals surface area contributed by atoms with Gasteiger partial charge >= 0.3 is 0 Å². The second-order valence-electron chi connectivity index (χ2n) is 10.7. The minimum Gasteiger partial charge on any atom is -0.350 e. The molecule has 162 valence electrons. The van der Waals surface area contributed by atoms with E-state index in [0.717, 1.165) is 24.8 Å². The molecule has 6 heteroatoms. The molecule has 2 aliphatic heterocycles. The minimum absolute atomic E-state index is 0.0410. The molecule has 0 radical (unpaired) electrons. The summed E-state index contributed by atoms with van der Waals surface area (Å²) in [6.07, 6.45) is 8.66. The largest absolute Gasteiger partial charge is 0.350 e. The Kier molecular flexibility index (Phi) is 3.81. The van der Waals surface area contributed by atoms with E-state index in [2.05, 4.69) is 20.8 Å². The summed E-state index contributed by atoms with van der Waals surface area (Å²) < 4.78 is 24.2. The highest BCUT2D eigenvalue weighted by Crippen LogP contribution is 2.71. The van der Waals surface area contributed by atoms with Crippen molar-refractivity contribution in [2.75, 3.05) is 20.2 Å². The van der Waals surface area contributed by atoms with Crippen molar-refractivity contribution < 1.29 is 28.5 Å². The Hall–Kier alpha value is -1.34. The Balaban J connectivity index is 1.45. The number of hydrogen-bond donors (Lipinski definition) is 0. The Bertz CT molecular complexity index is 879. The van der Waals surface area contributed by atoms with Crippen LogP contribution >= 0.6 is 0 Å². The van der Waals surface area contributed by atoms with Gasteiger partial charge in [0.15, 0.2) is 19.4 Å². The molecule has 5 fully saturated rings. The number of carbonyl (C=O) groups excluding carboxylic acids is 2. The summed E-state index contributed by atoms with van der Waals surface area (Å²) in [5.41, 5.74) is -0.289. The van der Waals surface area contributed by atoms with Crippen molar-refractivity contribution in [3.05, 3.63) is 23.8 Å². The molecule has 30 heavy (non-hydrogen) atoms. The van der Waals surface area contributed by atoms with E-state index in [9.17, 15) is 9.59 Å². The first kappa shape index (κ1) is 19.4. The van der Waals surface area contributed by atoms with Gasteiger partial charge in [-0.1, -0.05) is 32.4 Å². The lowest BCUT2D eigenvalue weighted by Crippen LogP contribution is -2.67. The van der Waals surface area contributed by atoms with Crippen LogP contribution in [0.2, 0.25) is 0 Å². The van der Waals surface area contributed by atoms with E-state index in [0.29, 0.717) is 18.9 Å². The van der Waals surface area contributed by atoms with Crippen molar-refractivity contribution in [2.24, 2.45) is 34.5 Å². The van der Waals surface area contributed by atoms with E-state index in [-0.39, 0.29) is 53.7 Å². The SMILES string of the molecule is C[C@H]1CC2C3CCC4=CC(=O)C=C[C@]4(C)C3C(=O)C[C@]2(C)[C@]12OCOC21COCO1. The molecule has 6 nitrogen and oxygen atoms in total. The van der Waals surface area contributed by atoms with Crippen molar-refractivity contribution in [3.63, 3.8) is 0 Å². The summed E-state index contributed by atoms with van der Waals surface area (Å²) >= 11 is 0. The average molecular weight is 414 g/mol. The highest BCUT2D eigenvalue weighted by atomic mass is 16.9. The number of fused-ring (bicyclic) bond motifs is 7. The van der Waals surface area contributed by atoms with E-state index in [1.165, 1.54) is 0 Å². The van der Waals surface area contributed by atoms with Crippen LogP contribution < -0.4 is 0 Å². The molecule has 8 atom stereocenters. The quantitative estimate of drug-likeness (QED) is 0.606. The fourth-order valence-corrected chi connectivity index (χ4v) is 8.55.